The molecule has 1 amide bonds. The number of nitrogens with zero attached hydrogens (tertiary/aromatic N) is 2. The number of ether oxygens (including phenoxy) is 1. The molecule has 2 aliphatic rings. The predicted octanol–water partition coefficient (Wildman–Crippen LogP) is 1.07. The minimum Gasteiger partial charge on any atom is -0.372 e. The fraction of sp³-hybridized carbons (Fsp3) is 0.933. The van der Waals surface area contributed by atoms with Crippen molar-refractivity contribution in [3.05, 3.63) is 0 Å². The molecule has 7 heteroatoms. The minimum absolute atomic E-state index is 0.0504. The van der Waals surface area contributed by atoms with Crippen LogP contribution in [0.4, 0.5) is 0 Å². The summed E-state index contributed by atoms with van der Waals surface area (Å²) in [7, 11) is -3.14. The number of sulfonamides is 1. The molecule has 0 spiro atoms. The molecule has 2 saturated heterocycles. The second-order valence-electron chi connectivity index (χ2n) is 6.49. The van der Waals surface area contributed by atoms with E-state index in [0.717, 1.165) is 0 Å². The Bertz CT molecular complexity index is 476. The third-order valence-electron chi connectivity index (χ3n) is 4.39. The summed E-state index contributed by atoms with van der Waals surface area (Å²) in [5.41, 5.74) is 0. The first-order chi connectivity index (χ1) is 10.3. The van der Waals surface area contributed by atoms with E-state index in [2.05, 4.69) is 0 Å². The molecule has 0 aromatic carbocycles. The van der Waals surface area contributed by atoms with Crippen molar-refractivity contribution >= 4 is 15.9 Å². The lowest BCUT2D eigenvalue weighted by Crippen LogP contribution is -2.51. The zero-order valence-corrected chi connectivity index (χ0v) is 14.6. The van der Waals surface area contributed by atoms with Gasteiger partial charge < -0.3 is 9.64 Å². The zero-order valence-electron chi connectivity index (χ0n) is 13.8. The van der Waals surface area contributed by atoms with Crippen molar-refractivity contribution in [2.24, 2.45) is 5.92 Å². The molecule has 22 heavy (non-hydrogen) atoms. The van der Waals surface area contributed by atoms with Crippen LogP contribution in [0.25, 0.3) is 0 Å². The average Bonchev–Trinajstić information content (AvgIpc) is 2.45. The third kappa shape index (κ3) is 4.20. The van der Waals surface area contributed by atoms with Crippen molar-refractivity contribution in [1.29, 1.82) is 0 Å². The number of amides is 1. The van der Waals surface area contributed by atoms with Crippen LogP contribution in [0.15, 0.2) is 0 Å². The highest BCUT2D eigenvalue weighted by atomic mass is 32.2. The van der Waals surface area contributed by atoms with Crippen LogP contribution in [-0.2, 0) is 19.6 Å². The molecule has 2 rings (SSSR count). The van der Waals surface area contributed by atoms with E-state index in [9.17, 15) is 13.2 Å². The standard InChI is InChI=1S/C15H28N2O4S/c1-4-9-22(19,20)17-7-5-14(6-8-17)15(18)16-10-12(2)21-13(3)11-16/h12-14H,4-11H2,1-3H3/t12-,13-/m1/s1. The van der Waals surface area contributed by atoms with Crippen molar-refractivity contribution in [2.75, 3.05) is 31.9 Å². The lowest BCUT2D eigenvalue weighted by molar-refractivity contribution is -0.148. The van der Waals surface area contributed by atoms with Crippen molar-refractivity contribution in [3.63, 3.8) is 0 Å². The van der Waals surface area contributed by atoms with Gasteiger partial charge in [-0.05, 0) is 33.1 Å². The van der Waals surface area contributed by atoms with Crippen LogP contribution in [0.5, 0.6) is 0 Å². The van der Waals surface area contributed by atoms with E-state index in [4.69, 9.17) is 4.74 Å². The quantitative estimate of drug-likeness (QED) is 0.772. The smallest absolute Gasteiger partial charge is 0.225 e. The van der Waals surface area contributed by atoms with Gasteiger partial charge in [0.1, 0.15) is 0 Å². The second kappa shape index (κ2) is 7.27. The number of rotatable bonds is 4. The monoisotopic (exact) mass is 332 g/mol. The highest BCUT2D eigenvalue weighted by molar-refractivity contribution is 7.89. The summed E-state index contributed by atoms with van der Waals surface area (Å²) in [5.74, 6) is 0.310. The Morgan fingerprint density at radius 3 is 2.18 bits per heavy atom. The average molecular weight is 332 g/mol. The van der Waals surface area contributed by atoms with E-state index in [1.807, 2.05) is 25.7 Å². The minimum atomic E-state index is -3.14. The molecule has 2 aliphatic heterocycles. The molecule has 0 N–H and O–H groups in total. The molecular weight excluding hydrogens is 304 g/mol. The van der Waals surface area contributed by atoms with Gasteiger partial charge in [-0.1, -0.05) is 6.92 Å². The third-order valence-corrected chi connectivity index (χ3v) is 6.47. The summed E-state index contributed by atoms with van der Waals surface area (Å²) in [6.07, 6.45) is 2.02. The lowest BCUT2D eigenvalue weighted by Gasteiger charge is -2.39. The maximum absolute atomic E-state index is 12.6. The van der Waals surface area contributed by atoms with Crippen LogP contribution in [0.2, 0.25) is 0 Å². The van der Waals surface area contributed by atoms with Crippen LogP contribution in [0, 0.1) is 5.92 Å². The Balaban J connectivity index is 1.90. The number of carbonyl (C=O) groups is 1. The molecular formula is C15H28N2O4S. The Morgan fingerprint density at radius 2 is 1.68 bits per heavy atom. The summed E-state index contributed by atoms with van der Waals surface area (Å²) < 4.78 is 31.3. The number of hydrogen-bond acceptors (Lipinski definition) is 4. The Labute approximate surface area is 133 Å². The van der Waals surface area contributed by atoms with Gasteiger partial charge in [-0.2, -0.15) is 0 Å². The predicted molar refractivity (Wildman–Crippen MR) is 85.0 cm³/mol. The molecule has 0 unspecified atom stereocenters. The maximum Gasteiger partial charge on any atom is 0.225 e. The van der Waals surface area contributed by atoms with Gasteiger partial charge in [0.2, 0.25) is 15.9 Å². The Hall–Kier alpha value is -0.660. The maximum atomic E-state index is 12.6. The Morgan fingerprint density at radius 1 is 1.14 bits per heavy atom. The van der Waals surface area contributed by atoms with Crippen LogP contribution in [0.1, 0.15) is 40.0 Å². The fourth-order valence-corrected chi connectivity index (χ4v) is 4.93. The van der Waals surface area contributed by atoms with Crippen molar-refractivity contribution < 1.29 is 17.9 Å². The first-order valence-electron chi connectivity index (χ1n) is 8.25. The summed E-state index contributed by atoms with van der Waals surface area (Å²) in [6.45, 7) is 8.04. The van der Waals surface area contributed by atoms with Crippen LogP contribution < -0.4 is 0 Å². The molecule has 0 aromatic heterocycles. The topological polar surface area (TPSA) is 66.9 Å². The van der Waals surface area contributed by atoms with Gasteiger partial charge in [0, 0.05) is 32.1 Å². The van der Waals surface area contributed by atoms with Gasteiger partial charge in [-0.25, -0.2) is 12.7 Å². The van der Waals surface area contributed by atoms with E-state index in [1.54, 1.807) is 4.31 Å². The molecule has 2 fully saturated rings. The van der Waals surface area contributed by atoms with Crippen LogP contribution in [-0.4, -0.2) is 67.7 Å². The van der Waals surface area contributed by atoms with Gasteiger partial charge in [0.25, 0.3) is 0 Å². The van der Waals surface area contributed by atoms with E-state index < -0.39 is 10.0 Å². The number of morpholine rings is 1. The van der Waals surface area contributed by atoms with E-state index in [-0.39, 0.29) is 29.8 Å². The first kappa shape index (κ1) is 17.7. The second-order valence-corrected chi connectivity index (χ2v) is 8.58. The van der Waals surface area contributed by atoms with Gasteiger partial charge in [0.15, 0.2) is 0 Å². The number of carbonyl (C=O) groups excluding carboxylic acids is 1. The summed E-state index contributed by atoms with van der Waals surface area (Å²) >= 11 is 0. The zero-order chi connectivity index (χ0) is 16.3. The molecule has 6 nitrogen and oxygen atoms in total. The molecule has 2 atom stereocenters. The van der Waals surface area contributed by atoms with E-state index in [0.29, 0.717) is 45.4 Å². The normalized spacial score (nSPS) is 28.8. The van der Waals surface area contributed by atoms with Gasteiger partial charge in [-0.3, -0.25) is 4.79 Å². The highest BCUT2D eigenvalue weighted by Crippen LogP contribution is 2.24. The molecule has 2 heterocycles. The molecule has 0 aromatic rings. The molecule has 0 aliphatic carbocycles. The van der Waals surface area contributed by atoms with E-state index in [1.165, 1.54) is 0 Å². The first-order valence-corrected chi connectivity index (χ1v) is 9.86. The largest absolute Gasteiger partial charge is 0.372 e. The summed E-state index contributed by atoms with van der Waals surface area (Å²) in [4.78, 5) is 14.5. The Kier molecular flexibility index (Phi) is 5.85. The van der Waals surface area contributed by atoms with Crippen molar-refractivity contribution in [1.82, 2.24) is 9.21 Å². The van der Waals surface area contributed by atoms with E-state index >= 15 is 0 Å². The van der Waals surface area contributed by atoms with Crippen molar-refractivity contribution in [3.8, 4) is 0 Å². The molecule has 0 saturated carbocycles. The highest BCUT2D eigenvalue weighted by Gasteiger charge is 2.34. The number of hydrogen-bond donors (Lipinski definition) is 0. The molecule has 0 bridgehead atoms. The molecule has 0 radical (unpaired) electrons. The van der Waals surface area contributed by atoms with Crippen LogP contribution >= 0.6 is 0 Å². The number of piperidine rings is 1. The van der Waals surface area contributed by atoms with Crippen LogP contribution in [0.3, 0.4) is 0 Å². The van der Waals surface area contributed by atoms with Gasteiger partial charge >= 0.3 is 0 Å². The summed E-state index contributed by atoms with van der Waals surface area (Å²) in [5, 5.41) is 0. The molecule has 128 valence electrons. The van der Waals surface area contributed by atoms with Gasteiger partial charge in [-0.15, -0.1) is 0 Å². The lowest BCUT2D eigenvalue weighted by atomic mass is 9.96. The van der Waals surface area contributed by atoms with Gasteiger partial charge in [0.05, 0.1) is 18.0 Å². The summed E-state index contributed by atoms with van der Waals surface area (Å²) in [6, 6.07) is 0. The SMILES string of the molecule is CCCS(=O)(=O)N1CCC(C(=O)N2C[C@@H](C)O[C@H](C)C2)CC1. The fourth-order valence-electron chi connectivity index (χ4n) is 3.38. The van der Waals surface area contributed by atoms with Crippen molar-refractivity contribution in [2.45, 2.75) is 52.2 Å².